The first-order valence-electron chi connectivity index (χ1n) is 16.2. The van der Waals surface area contributed by atoms with Crippen LogP contribution in [0.5, 0.6) is 0 Å². The standard InChI is InChI=1S/C34H62O2/c1-33-30-28-26-24-22-20-18-16-14-12-10-8-6-4-2-3-5-7-9-11-13-15-17-19-21-23-25-27-29-31-34(35)36-32-33/h2,4,18,20,33H,3,5-17,19,21-32H2,1H3/b4-2-,20-18-. The molecule has 1 atom stereocenters. The summed E-state index contributed by atoms with van der Waals surface area (Å²) in [7, 11) is 0. The number of esters is 1. The van der Waals surface area contributed by atoms with Crippen LogP contribution in [0.15, 0.2) is 24.3 Å². The van der Waals surface area contributed by atoms with E-state index in [1.165, 1.54) is 154 Å². The number of carbonyl (C=O) groups is 1. The van der Waals surface area contributed by atoms with Crippen molar-refractivity contribution in [3.05, 3.63) is 24.3 Å². The van der Waals surface area contributed by atoms with Gasteiger partial charge in [0.2, 0.25) is 0 Å². The Labute approximate surface area is 226 Å². The van der Waals surface area contributed by atoms with Crippen LogP contribution in [0.1, 0.15) is 174 Å². The Hall–Kier alpha value is -1.05. The molecule has 36 heavy (non-hydrogen) atoms. The first-order valence-corrected chi connectivity index (χ1v) is 16.2. The summed E-state index contributed by atoms with van der Waals surface area (Å²) >= 11 is 0. The van der Waals surface area contributed by atoms with Crippen molar-refractivity contribution in [2.75, 3.05) is 6.61 Å². The van der Waals surface area contributed by atoms with Crippen LogP contribution in [0.25, 0.3) is 0 Å². The van der Waals surface area contributed by atoms with Crippen LogP contribution >= 0.6 is 0 Å². The lowest BCUT2D eigenvalue weighted by Crippen LogP contribution is -2.11. The molecule has 1 rings (SSSR count). The normalized spacial score (nSPS) is 26.1. The summed E-state index contributed by atoms with van der Waals surface area (Å²) in [4.78, 5) is 12.0. The Morgan fingerprint density at radius 3 is 1.25 bits per heavy atom. The number of ether oxygens (including phenoxy) is 1. The quantitative estimate of drug-likeness (QED) is 0.243. The molecule has 0 N–H and O–H groups in total. The Morgan fingerprint density at radius 2 is 0.833 bits per heavy atom. The van der Waals surface area contributed by atoms with Gasteiger partial charge in [0.1, 0.15) is 0 Å². The van der Waals surface area contributed by atoms with E-state index in [1.54, 1.807) is 0 Å². The monoisotopic (exact) mass is 502 g/mol. The lowest BCUT2D eigenvalue weighted by molar-refractivity contribution is -0.145. The van der Waals surface area contributed by atoms with Gasteiger partial charge >= 0.3 is 5.97 Å². The molecular formula is C34H62O2. The van der Waals surface area contributed by atoms with Gasteiger partial charge in [-0.1, -0.05) is 128 Å². The highest BCUT2D eigenvalue weighted by Crippen LogP contribution is 2.15. The van der Waals surface area contributed by atoms with E-state index in [1.807, 2.05) is 0 Å². The van der Waals surface area contributed by atoms with Crippen LogP contribution in [0.3, 0.4) is 0 Å². The summed E-state index contributed by atoms with van der Waals surface area (Å²) in [5, 5.41) is 0. The van der Waals surface area contributed by atoms with E-state index in [9.17, 15) is 4.79 Å². The molecule has 2 heteroatoms. The van der Waals surface area contributed by atoms with Gasteiger partial charge in [0.25, 0.3) is 0 Å². The molecule has 0 fully saturated rings. The largest absolute Gasteiger partial charge is 0.465 e. The van der Waals surface area contributed by atoms with Crippen LogP contribution in [0, 0.1) is 5.92 Å². The first kappa shape index (κ1) is 33.0. The van der Waals surface area contributed by atoms with Crippen molar-refractivity contribution in [3.8, 4) is 0 Å². The fraction of sp³-hybridized carbons (Fsp3) is 0.853. The number of allylic oxidation sites excluding steroid dienone is 4. The molecule has 0 radical (unpaired) electrons. The molecule has 1 unspecified atom stereocenters. The molecule has 1 heterocycles. The van der Waals surface area contributed by atoms with Crippen molar-refractivity contribution >= 4 is 5.97 Å². The molecular weight excluding hydrogens is 440 g/mol. The number of hydrogen-bond acceptors (Lipinski definition) is 2. The number of carbonyl (C=O) groups excluding carboxylic acids is 1. The predicted molar refractivity (Wildman–Crippen MR) is 158 cm³/mol. The number of hydrogen-bond donors (Lipinski definition) is 0. The van der Waals surface area contributed by atoms with Crippen molar-refractivity contribution in [1.29, 1.82) is 0 Å². The molecule has 1 aliphatic rings. The SMILES string of the molecule is CC1CCCCC/C=C\CCCCCC/C=C\CCCCCCCCCCCCCCCC(=O)OC1. The summed E-state index contributed by atoms with van der Waals surface area (Å²) in [6.07, 6.45) is 43.1. The molecule has 2 nitrogen and oxygen atoms in total. The van der Waals surface area contributed by atoms with Crippen molar-refractivity contribution in [2.24, 2.45) is 5.92 Å². The molecule has 1 aliphatic heterocycles. The van der Waals surface area contributed by atoms with Gasteiger partial charge in [-0.05, 0) is 70.1 Å². The van der Waals surface area contributed by atoms with Gasteiger partial charge in [0, 0.05) is 6.42 Å². The van der Waals surface area contributed by atoms with Crippen molar-refractivity contribution < 1.29 is 9.53 Å². The molecule has 210 valence electrons. The van der Waals surface area contributed by atoms with Crippen LogP contribution in [0.2, 0.25) is 0 Å². The van der Waals surface area contributed by atoms with Crippen molar-refractivity contribution in [1.82, 2.24) is 0 Å². The molecule has 0 bridgehead atoms. The summed E-state index contributed by atoms with van der Waals surface area (Å²) in [6.45, 7) is 2.83. The lowest BCUT2D eigenvalue weighted by atomic mass is 10.0. The highest BCUT2D eigenvalue weighted by Gasteiger charge is 2.07. The fourth-order valence-corrected chi connectivity index (χ4v) is 5.15. The van der Waals surface area contributed by atoms with Crippen molar-refractivity contribution in [3.63, 3.8) is 0 Å². The average molecular weight is 503 g/mol. The molecule has 0 aromatic carbocycles. The zero-order chi connectivity index (χ0) is 25.8. The minimum atomic E-state index is 0.0145. The highest BCUT2D eigenvalue weighted by molar-refractivity contribution is 5.69. The molecule has 0 aromatic rings. The molecule has 0 aliphatic carbocycles. The smallest absolute Gasteiger partial charge is 0.305 e. The third-order valence-corrected chi connectivity index (χ3v) is 7.67. The lowest BCUT2D eigenvalue weighted by Gasteiger charge is -2.12. The number of cyclic esters (lactones) is 1. The Morgan fingerprint density at radius 1 is 0.500 bits per heavy atom. The summed E-state index contributed by atoms with van der Waals surface area (Å²) in [5.74, 6) is 0.503. The van der Waals surface area contributed by atoms with E-state index in [2.05, 4.69) is 31.2 Å². The van der Waals surface area contributed by atoms with Gasteiger partial charge in [-0.3, -0.25) is 4.79 Å². The summed E-state index contributed by atoms with van der Waals surface area (Å²) in [6, 6.07) is 0. The van der Waals surface area contributed by atoms with E-state index in [0.29, 0.717) is 18.9 Å². The second kappa shape index (κ2) is 27.0. The van der Waals surface area contributed by atoms with E-state index in [4.69, 9.17) is 4.74 Å². The molecule has 0 spiro atoms. The predicted octanol–water partition coefficient (Wildman–Crippen LogP) is 11.4. The van der Waals surface area contributed by atoms with Gasteiger partial charge in [0.15, 0.2) is 0 Å². The van der Waals surface area contributed by atoms with E-state index in [-0.39, 0.29) is 5.97 Å². The Bertz CT molecular complexity index is 521. The second-order valence-electron chi connectivity index (χ2n) is 11.5. The number of rotatable bonds is 0. The van der Waals surface area contributed by atoms with E-state index < -0.39 is 0 Å². The van der Waals surface area contributed by atoms with Crippen LogP contribution in [0.4, 0.5) is 0 Å². The molecule has 0 saturated carbocycles. The van der Waals surface area contributed by atoms with Crippen LogP contribution < -0.4 is 0 Å². The third-order valence-electron chi connectivity index (χ3n) is 7.67. The van der Waals surface area contributed by atoms with Gasteiger partial charge in [0.05, 0.1) is 6.61 Å². The maximum Gasteiger partial charge on any atom is 0.305 e. The minimum Gasteiger partial charge on any atom is -0.465 e. The van der Waals surface area contributed by atoms with Gasteiger partial charge < -0.3 is 4.74 Å². The van der Waals surface area contributed by atoms with Gasteiger partial charge in [-0.25, -0.2) is 0 Å². The first-order chi connectivity index (χ1) is 17.8. The second-order valence-corrected chi connectivity index (χ2v) is 11.5. The van der Waals surface area contributed by atoms with Gasteiger partial charge in [-0.2, -0.15) is 0 Å². The summed E-state index contributed by atoms with van der Waals surface area (Å²) in [5.41, 5.74) is 0. The minimum absolute atomic E-state index is 0.0145. The topological polar surface area (TPSA) is 26.3 Å². The molecule has 0 saturated heterocycles. The van der Waals surface area contributed by atoms with Gasteiger partial charge in [-0.15, -0.1) is 0 Å². The fourth-order valence-electron chi connectivity index (χ4n) is 5.15. The third kappa shape index (κ3) is 24.6. The summed E-state index contributed by atoms with van der Waals surface area (Å²) < 4.78 is 5.52. The average Bonchev–Trinajstić information content (AvgIpc) is 2.88. The highest BCUT2D eigenvalue weighted by atomic mass is 16.5. The van der Waals surface area contributed by atoms with Crippen LogP contribution in [-0.4, -0.2) is 12.6 Å². The zero-order valence-corrected chi connectivity index (χ0v) is 24.3. The van der Waals surface area contributed by atoms with Crippen LogP contribution in [-0.2, 0) is 9.53 Å². The molecule has 0 amide bonds. The Balaban J connectivity index is 2.17. The van der Waals surface area contributed by atoms with Crippen molar-refractivity contribution in [2.45, 2.75) is 174 Å². The maximum absolute atomic E-state index is 12.0. The maximum atomic E-state index is 12.0. The zero-order valence-electron chi connectivity index (χ0n) is 24.3. The Kier molecular flexibility index (Phi) is 24.7. The van der Waals surface area contributed by atoms with E-state index in [0.717, 1.165) is 6.42 Å². The molecule has 0 aromatic heterocycles. The van der Waals surface area contributed by atoms with E-state index >= 15 is 0 Å².